The van der Waals surface area contributed by atoms with Gasteiger partial charge >= 0.3 is 0 Å². The van der Waals surface area contributed by atoms with E-state index in [-0.39, 0.29) is 0 Å². The van der Waals surface area contributed by atoms with Crippen LogP contribution in [0.5, 0.6) is 0 Å². The molecule has 0 saturated heterocycles. The van der Waals surface area contributed by atoms with E-state index >= 15 is 0 Å². The smallest absolute Gasteiger partial charge is 0.148 e. The lowest BCUT2D eigenvalue weighted by Crippen LogP contribution is -2.35. The molecule has 0 saturated carbocycles. The average Bonchev–Trinajstić information content (AvgIpc) is 2.42. The summed E-state index contributed by atoms with van der Waals surface area (Å²) in [6.07, 6.45) is 2.71. The maximum Gasteiger partial charge on any atom is 0.148 e. The molecule has 0 aliphatic carbocycles. The minimum absolute atomic E-state index is 0.584. The van der Waals surface area contributed by atoms with Crippen molar-refractivity contribution in [1.82, 2.24) is 14.9 Å². The zero-order chi connectivity index (χ0) is 15.8. The molecule has 0 aliphatic rings. The molecule has 0 aromatic carbocycles. The largest absolute Gasteiger partial charge is 0.369 e. The van der Waals surface area contributed by atoms with Crippen LogP contribution < -0.4 is 10.2 Å². The van der Waals surface area contributed by atoms with Gasteiger partial charge in [0.15, 0.2) is 0 Å². The number of aromatic nitrogens is 2. The first-order valence-corrected chi connectivity index (χ1v) is 8.39. The van der Waals surface area contributed by atoms with Crippen LogP contribution in [0.4, 0.5) is 11.6 Å². The molecule has 5 nitrogen and oxygen atoms in total. The third-order valence-electron chi connectivity index (χ3n) is 3.02. The fourth-order valence-corrected chi connectivity index (χ4v) is 2.59. The third-order valence-corrected chi connectivity index (χ3v) is 3.75. The molecule has 0 unspecified atom stereocenters. The second-order valence-electron chi connectivity index (χ2n) is 5.93. The number of rotatable bonds is 9. The van der Waals surface area contributed by atoms with Crippen molar-refractivity contribution in [3.8, 4) is 0 Å². The van der Waals surface area contributed by atoms with E-state index in [2.05, 4.69) is 75.9 Å². The molecule has 0 aliphatic heterocycles. The normalized spacial score (nSPS) is 11.2. The summed E-state index contributed by atoms with van der Waals surface area (Å²) >= 11 is 3.67. The zero-order valence-corrected chi connectivity index (χ0v) is 15.4. The first-order valence-electron chi connectivity index (χ1n) is 7.59. The van der Waals surface area contributed by atoms with Crippen LogP contribution >= 0.6 is 15.9 Å². The van der Waals surface area contributed by atoms with Gasteiger partial charge in [0, 0.05) is 26.2 Å². The number of nitrogens with zero attached hydrogens (tertiary/aromatic N) is 4. The highest BCUT2D eigenvalue weighted by Gasteiger charge is 2.16. The minimum Gasteiger partial charge on any atom is -0.369 e. The molecule has 1 rings (SSSR count). The van der Waals surface area contributed by atoms with E-state index in [1.807, 2.05) is 0 Å². The van der Waals surface area contributed by atoms with E-state index in [1.54, 1.807) is 6.33 Å². The molecule has 0 spiro atoms. The lowest BCUT2D eigenvalue weighted by atomic mass is 10.2. The maximum atomic E-state index is 4.49. The molecule has 0 atom stereocenters. The predicted molar refractivity (Wildman–Crippen MR) is 94.1 cm³/mol. The molecule has 0 fully saturated rings. The second kappa shape index (κ2) is 9.20. The van der Waals surface area contributed by atoms with Gasteiger partial charge in [-0.25, -0.2) is 9.97 Å². The summed E-state index contributed by atoms with van der Waals surface area (Å²) in [5.74, 6) is 2.43. The van der Waals surface area contributed by atoms with Crippen LogP contribution in [0.2, 0.25) is 0 Å². The monoisotopic (exact) mass is 357 g/mol. The highest BCUT2D eigenvalue weighted by molar-refractivity contribution is 9.10. The molecular weight excluding hydrogens is 330 g/mol. The summed E-state index contributed by atoms with van der Waals surface area (Å²) in [7, 11) is 4.19. The Morgan fingerprint density at radius 1 is 1.24 bits per heavy atom. The van der Waals surface area contributed by atoms with Crippen molar-refractivity contribution in [3.63, 3.8) is 0 Å². The Balaban J connectivity index is 2.94. The number of hydrogen-bond donors (Lipinski definition) is 1. The molecule has 21 heavy (non-hydrogen) atoms. The molecule has 1 aromatic heterocycles. The fourth-order valence-electron chi connectivity index (χ4n) is 1.99. The van der Waals surface area contributed by atoms with Crippen molar-refractivity contribution < 1.29 is 0 Å². The molecule has 0 amide bonds. The molecule has 0 radical (unpaired) electrons. The second-order valence-corrected chi connectivity index (χ2v) is 6.72. The van der Waals surface area contributed by atoms with Gasteiger partial charge in [-0.1, -0.05) is 20.8 Å². The quantitative estimate of drug-likeness (QED) is 0.735. The van der Waals surface area contributed by atoms with Gasteiger partial charge in [-0.3, -0.25) is 0 Å². The molecule has 0 bridgehead atoms. The van der Waals surface area contributed by atoms with Gasteiger partial charge in [0.05, 0.1) is 0 Å². The van der Waals surface area contributed by atoms with Gasteiger partial charge in [-0.2, -0.15) is 0 Å². The summed E-state index contributed by atoms with van der Waals surface area (Å²) in [6.45, 7) is 10.5. The van der Waals surface area contributed by atoms with E-state index in [0.717, 1.165) is 48.7 Å². The van der Waals surface area contributed by atoms with Gasteiger partial charge in [-0.15, -0.1) is 0 Å². The molecular formula is C15H28BrN5. The highest BCUT2D eigenvalue weighted by Crippen LogP contribution is 2.29. The van der Waals surface area contributed by atoms with E-state index in [4.69, 9.17) is 0 Å². The van der Waals surface area contributed by atoms with E-state index in [1.165, 1.54) is 0 Å². The van der Waals surface area contributed by atoms with Crippen molar-refractivity contribution in [2.45, 2.75) is 27.2 Å². The zero-order valence-electron chi connectivity index (χ0n) is 13.9. The van der Waals surface area contributed by atoms with Crippen molar-refractivity contribution in [1.29, 1.82) is 0 Å². The third kappa shape index (κ3) is 6.18. The Hall–Kier alpha value is -0.880. The van der Waals surface area contributed by atoms with Crippen LogP contribution in [0.15, 0.2) is 10.8 Å². The van der Waals surface area contributed by atoms with Gasteiger partial charge < -0.3 is 15.1 Å². The number of anilines is 2. The summed E-state index contributed by atoms with van der Waals surface area (Å²) in [5.41, 5.74) is 0. The first kappa shape index (κ1) is 18.2. The van der Waals surface area contributed by atoms with Gasteiger partial charge in [0.1, 0.15) is 22.4 Å². The maximum absolute atomic E-state index is 4.49. The topological polar surface area (TPSA) is 44.3 Å². The minimum atomic E-state index is 0.584. The summed E-state index contributed by atoms with van der Waals surface area (Å²) in [4.78, 5) is 13.3. The van der Waals surface area contributed by atoms with Gasteiger partial charge in [0.25, 0.3) is 0 Å². The van der Waals surface area contributed by atoms with E-state index in [9.17, 15) is 0 Å². The fraction of sp³-hybridized carbons (Fsp3) is 0.733. The Kier molecular flexibility index (Phi) is 7.96. The van der Waals surface area contributed by atoms with Crippen LogP contribution in [0.3, 0.4) is 0 Å². The predicted octanol–water partition coefficient (Wildman–Crippen LogP) is 3.09. The molecule has 6 heteroatoms. The van der Waals surface area contributed by atoms with Crippen molar-refractivity contribution in [3.05, 3.63) is 10.8 Å². The number of halogens is 1. The first-order chi connectivity index (χ1) is 9.95. The Labute approximate surface area is 137 Å². The van der Waals surface area contributed by atoms with E-state index < -0.39 is 0 Å². The van der Waals surface area contributed by atoms with Crippen molar-refractivity contribution in [2.75, 3.05) is 50.5 Å². The Bertz CT molecular complexity index is 423. The summed E-state index contributed by atoms with van der Waals surface area (Å²) in [5, 5.41) is 3.34. The molecule has 1 N–H and O–H groups in total. The lowest BCUT2D eigenvalue weighted by Gasteiger charge is -2.28. The lowest BCUT2D eigenvalue weighted by molar-refractivity contribution is 0.408. The van der Waals surface area contributed by atoms with E-state index in [0.29, 0.717) is 5.92 Å². The number of likely N-dealkylation sites (N-methyl/N-ethyl adjacent to an activating group) is 1. The van der Waals surface area contributed by atoms with Crippen molar-refractivity contribution >= 4 is 27.6 Å². The Morgan fingerprint density at radius 3 is 2.52 bits per heavy atom. The summed E-state index contributed by atoms with van der Waals surface area (Å²) < 4.78 is 0.956. The van der Waals surface area contributed by atoms with Gasteiger partial charge in [0.2, 0.25) is 0 Å². The highest BCUT2D eigenvalue weighted by atomic mass is 79.9. The Morgan fingerprint density at radius 2 is 1.95 bits per heavy atom. The molecule has 120 valence electrons. The molecule has 1 heterocycles. The van der Waals surface area contributed by atoms with Crippen molar-refractivity contribution in [2.24, 2.45) is 5.92 Å². The van der Waals surface area contributed by atoms with Gasteiger partial charge in [-0.05, 0) is 42.4 Å². The molecule has 1 aromatic rings. The SMILES string of the molecule is CCCNc1ncnc(N(CCN(C)C)CC(C)C)c1Br. The van der Waals surface area contributed by atoms with Crippen LogP contribution in [-0.4, -0.2) is 55.1 Å². The van der Waals surface area contributed by atoms with Crippen LogP contribution in [0.25, 0.3) is 0 Å². The van der Waals surface area contributed by atoms with Crippen LogP contribution in [0.1, 0.15) is 27.2 Å². The number of nitrogens with one attached hydrogen (secondary N) is 1. The summed E-state index contributed by atoms with van der Waals surface area (Å²) in [6, 6.07) is 0. The van der Waals surface area contributed by atoms with Crippen LogP contribution in [-0.2, 0) is 0 Å². The number of hydrogen-bond acceptors (Lipinski definition) is 5. The average molecular weight is 358 g/mol. The van der Waals surface area contributed by atoms with Crippen LogP contribution in [0, 0.1) is 5.92 Å². The standard InChI is InChI=1S/C15H28BrN5/c1-6-7-17-14-13(16)15(19-11-18-14)21(10-12(2)3)9-8-20(4)5/h11-12H,6-10H2,1-5H3,(H,17,18,19).